The highest BCUT2D eigenvalue weighted by atomic mass is 35.5. The van der Waals surface area contributed by atoms with Gasteiger partial charge in [-0.05, 0) is 25.0 Å². The van der Waals surface area contributed by atoms with Crippen LogP contribution in [-0.2, 0) is 14.8 Å². The molecule has 1 saturated carbocycles. The Morgan fingerprint density at radius 1 is 1.28 bits per heavy atom. The zero-order chi connectivity index (χ0) is 18.8. The van der Waals surface area contributed by atoms with Crippen molar-refractivity contribution < 1.29 is 18.3 Å². The number of hydrogen-bond acceptors (Lipinski definition) is 4. The van der Waals surface area contributed by atoms with Crippen molar-refractivity contribution >= 4 is 44.8 Å². The Morgan fingerprint density at radius 3 is 2.52 bits per heavy atom. The molecule has 0 saturated heterocycles. The number of nitrogens with zero attached hydrogens (tertiary/aromatic N) is 2. The molecule has 140 valence electrons. The minimum Gasteiger partial charge on any atom is -0.391 e. The first-order valence-corrected chi connectivity index (χ1v) is 10.6. The van der Waals surface area contributed by atoms with Crippen molar-refractivity contribution in [2.75, 3.05) is 24.2 Å². The molecule has 9 heteroatoms. The molecule has 0 aromatic heterocycles. The summed E-state index contributed by atoms with van der Waals surface area (Å²) >= 11 is 12.1. The van der Waals surface area contributed by atoms with E-state index in [9.17, 15) is 18.3 Å². The molecule has 0 aliphatic heterocycles. The average molecular weight is 409 g/mol. The molecule has 2 unspecified atom stereocenters. The molecular weight excluding hydrogens is 387 g/mol. The summed E-state index contributed by atoms with van der Waals surface area (Å²) in [5.41, 5.74) is 0.155. The Morgan fingerprint density at radius 2 is 1.92 bits per heavy atom. The van der Waals surface area contributed by atoms with Gasteiger partial charge in [0.05, 0.1) is 34.1 Å². The summed E-state index contributed by atoms with van der Waals surface area (Å²) in [5.74, 6) is -0.410. The lowest BCUT2D eigenvalue weighted by molar-refractivity contribution is -0.133. The van der Waals surface area contributed by atoms with Crippen molar-refractivity contribution in [3.63, 3.8) is 0 Å². The molecule has 0 spiro atoms. The molecule has 0 radical (unpaired) electrons. The van der Waals surface area contributed by atoms with Crippen LogP contribution in [0.3, 0.4) is 0 Å². The van der Waals surface area contributed by atoms with Gasteiger partial charge in [-0.25, -0.2) is 8.42 Å². The smallest absolute Gasteiger partial charge is 0.243 e. The van der Waals surface area contributed by atoms with Gasteiger partial charge in [-0.1, -0.05) is 42.1 Å². The van der Waals surface area contributed by atoms with Crippen LogP contribution in [0.25, 0.3) is 0 Å². The first-order valence-electron chi connectivity index (χ1n) is 7.98. The summed E-state index contributed by atoms with van der Waals surface area (Å²) in [6, 6.07) is 4.30. The van der Waals surface area contributed by atoms with E-state index in [1.165, 1.54) is 11.0 Å². The number of carbonyl (C=O) groups is 1. The molecule has 1 N–H and O–H groups in total. The molecule has 6 nitrogen and oxygen atoms in total. The summed E-state index contributed by atoms with van der Waals surface area (Å²) in [4.78, 5) is 14.1. The molecule has 2 rings (SSSR count). The highest BCUT2D eigenvalue weighted by Crippen LogP contribution is 2.33. The Bertz CT molecular complexity index is 742. The second kappa shape index (κ2) is 8.12. The molecule has 1 amide bonds. The van der Waals surface area contributed by atoms with Gasteiger partial charge in [0, 0.05) is 7.05 Å². The molecule has 2 atom stereocenters. The van der Waals surface area contributed by atoms with Gasteiger partial charge >= 0.3 is 0 Å². The third-order valence-corrected chi connectivity index (χ3v) is 6.40. The van der Waals surface area contributed by atoms with E-state index < -0.39 is 28.6 Å². The molecule has 0 heterocycles. The van der Waals surface area contributed by atoms with Crippen LogP contribution in [0.15, 0.2) is 18.2 Å². The zero-order valence-electron chi connectivity index (χ0n) is 14.2. The maximum atomic E-state index is 12.6. The van der Waals surface area contributed by atoms with Gasteiger partial charge < -0.3 is 10.0 Å². The fourth-order valence-corrected chi connectivity index (χ4v) is 4.33. The number of likely N-dealkylation sites (N-methyl/N-ethyl adjacent to an activating group) is 1. The predicted molar refractivity (Wildman–Crippen MR) is 99.7 cm³/mol. The van der Waals surface area contributed by atoms with Crippen LogP contribution in [0.1, 0.15) is 25.7 Å². The molecule has 1 aromatic rings. The van der Waals surface area contributed by atoms with E-state index >= 15 is 0 Å². The quantitative estimate of drug-likeness (QED) is 0.811. The Hall–Kier alpha value is -1.02. The molecule has 1 aliphatic carbocycles. The van der Waals surface area contributed by atoms with Gasteiger partial charge in [-0.3, -0.25) is 9.10 Å². The standard InChI is InChI=1S/C16H22Cl2N2O4S/c1-19(12-7-3-4-9-14(12)21)15(22)10-20(25(2,23)24)13-8-5-6-11(17)16(13)18/h5-6,8,12,14,21H,3-4,7,9-10H2,1-2H3. The first kappa shape index (κ1) is 20.3. The maximum Gasteiger partial charge on any atom is 0.243 e. The Labute approximate surface area is 158 Å². The highest BCUT2D eigenvalue weighted by Gasteiger charge is 2.32. The number of aliphatic hydroxyl groups is 1. The third-order valence-electron chi connectivity index (χ3n) is 4.46. The SMILES string of the molecule is CN(C(=O)CN(c1cccc(Cl)c1Cl)S(C)(=O)=O)C1CCCCC1O. The molecule has 1 fully saturated rings. The van der Waals surface area contributed by atoms with E-state index in [1.54, 1.807) is 19.2 Å². The zero-order valence-corrected chi connectivity index (χ0v) is 16.5. The van der Waals surface area contributed by atoms with E-state index in [0.717, 1.165) is 23.4 Å². The first-order chi connectivity index (χ1) is 11.6. The Kier molecular flexibility index (Phi) is 6.59. The minimum absolute atomic E-state index is 0.0720. The largest absolute Gasteiger partial charge is 0.391 e. The highest BCUT2D eigenvalue weighted by molar-refractivity contribution is 7.92. The van der Waals surface area contributed by atoms with E-state index in [4.69, 9.17) is 23.2 Å². The third kappa shape index (κ3) is 4.78. The number of sulfonamides is 1. The second-order valence-corrected chi connectivity index (χ2v) is 8.96. The van der Waals surface area contributed by atoms with Crippen molar-refractivity contribution in [1.82, 2.24) is 4.90 Å². The molecule has 1 aromatic carbocycles. The number of halogens is 2. The van der Waals surface area contributed by atoms with Crippen molar-refractivity contribution in [3.05, 3.63) is 28.2 Å². The number of amides is 1. The van der Waals surface area contributed by atoms with Crippen LogP contribution < -0.4 is 4.31 Å². The number of aliphatic hydroxyl groups excluding tert-OH is 1. The molecular formula is C16H22Cl2N2O4S. The molecule has 0 bridgehead atoms. The number of benzene rings is 1. The van der Waals surface area contributed by atoms with Crippen LogP contribution in [0.2, 0.25) is 10.0 Å². The number of rotatable bonds is 5. The lowest BCUT2D eigenvalue weighted by Crippen LogP contribution is -2.50. The van der Waals surface area contributed by atoms with E-state index in [2.05, 4.69) is 0 Å². The van der Waals surface area contributed by atoms with Crippen molar-refractivity contribution in [2.24, 2.45) is 0 Å². The van der Waals surface area contributed by atoms with Crippen molar-refractivity contribution in [2.45, 2.75) is 37.8 Å². The van der Waals surface area contributed by atoms with Crippen LogP contribution in [0.4, 0.5) is 5.69 Å². The van der Waals surface area contributed by atoms with E-state index in [-0.39, 0.29) is 21.8 Å². The summed E-state index contributed by atoms with van der Waals surface area (Å²) < 4.78 is 25.3. The van der Waals surface area contributed by atoms with Crippen molar-refractivity contribution in [3.8, 4) is 0 Å². The second-order valence-electron chi connectivity index (χ2n) is 6.27. The lowest BCUT2D eigenvalue weighted by atomic mass is 9.91. The van der Waals surface area contributed by atoms with Crippen LogP contribution in [0.5, 0.6) is 0 Å². The van der Waals surface area contributed by atoms with Crippen LogP contribution in [-0.4, -0.2) is 56.3 Å². The number of carbonyl (C=O) groups excluding carboxylic acids is 1. The van der Waals surface area contributed by atoms with Gasteiger partial charge in [0.25, 0.3) is 0 Å². The van der Waals surface area contributed by atoms with E-state index in [0.29, 0.717) is 12.8 Å². The summed E-state index contributed by atoms with van der Waals surface area (Å²) in [7, 11) is -2.16. The normalized spacial score (nSPS) is 21.0. The van der Waals surface area contributed by atoms with Gasteiger partial charge in [-0.15, -0.1) is 0 Å². The van der Waals surface area contributed by atoms with Gasteiger partial charge in [0.15, 0.2) is 0 Å². The molecule has 1 aliphatic rings. The monoisotopic (exact) mass is 408 g/mol. The molecule has 25 heavy (non-hydrogen) atoms. The minimum atomic E-state index is -3.75. The summed E-state index contributed by atoms with van der Waals surface area (Å²) in [6.07, 6.45) is 3.60. The maximum absolute atomic E-state index is 12.6. The lowest BCUT2D eigenvalue weighted by Gasteiger charge is -2.36. The Balaban J connectivity index is 2.25. The van der Waals surface area contributed by atoms with Gasteiger partial charge in [0.1, 0.15) is 6.54 Å². The van der Waals surface area contributed by atoms with Crippen molar-refractivity contribution in [1.29, 1.82) is 0 Å². The summed E-state index contributed by atoms with van der Waals surface area (Å²) in [6.45, 7) is -0.404. The number of hydrogen-bond donors (Lipinski definition) is 1. The van der Waals surface area contributed by atoms with Gasteiger partial charge in [0.2, 0.25) is 15.9 Å². The van der Waals surface area contributed by atoms with Crippen LogP contribution in [0, 0.1) is 0 Å². The number of anilines is 1. The van der Waals surface area contributed by atoms with E-state index in [1.807, 2.05) is 0 Å². The summed E-state index contributed by atoms with van der Waals surface area (Å²) in [5, 5.41) is 10.4. The topological polar surface area (TPSA) is 77.9 Å². The predicted octanol–water partition coefficient (Wildman–Crippen LogP) is 2.52. The fourth-order valence-electron chi connectivity index (χ4n) is 3.03. The fraction of sp³-hybridized carbons (Fsp3) is 0.562. The van der Waals surface area contributed by atoms with Gasteiger partial charge in [-0.2, -0.15) is 0 Å². The van der Waals surface area contributed by atoms with Crippen LogP contribution >= 0.6 is 23.2 Å². The average Bonchev–Trinajstić information content (AvgIpc) is 2.54.